The molecule has 1 saturated heterocycles. The highest BCUT2D eigenvalue weighted by molar-refractivity contribution is 6.05. The van der Waals surface area contributed by atoms with Crippen LogP contribution in [0.25, 0.3) is 44.6 Å². The topological polar surface area (TPSA) is 101 Å². The Balaban J connectivity index is 1.67. The zero-order valence-corrected chi connectivity index (χ0v) is 17.3. The van der Waals surface area contributed by atoms with E-state index >= 15 is 0 Å². The highest BCUT2D eigenvalue weighted by Crippen LogP contribution is 2.38. The normalized spacial score (nSPS) is 17.1. The number of nitrogens with one attached hydrogen (secondary N) is 2. The van der Waals surface area contributed by atoms with E-state index in [2.05, 4.69) is 44.1 Å². The number of H-pyrrole nitrogens is 2. The average molecular weight is 414 g/mol. The smallest absolute Gasteiger partial charge is 0.137 e. The summed E-state index contributed by atoms with van der Waals surface area (Å²) in [6.45, 7) is 4.35. The molecule has 156 valence electrons. The van der Waals surface area contributed by atoms with Gasteiger partial charge in [-0.15, -0.1) is 0 Å². The van der Waals surface area contributed by atoms with Crippen molar-refractivity contribution in [2.75, 3.05) is 24.7 Å². The van der Waals surface area contributed by atoms with Gasteiger partial charge in [-0.1, -0.05) is 0 Å². The van der Waals surface area contributed by atoms with E-state index in [1.165, 1.54) is 0 Å². The summed E-state index contributed by atoms with van der Waals surface area (Å²) < 4.78 is 7.53. The number of aromatic nitrogens is 7. The van der Waals surface area contributed by atoms with Crippen LogP contribution in [0.15, 0.2) is 42.9 Å². The van der Waals surface area contributed by atoms with Crippen molar-refractivity contribution in [2.45, 2.75) is 13.0 Å². The molecule has 6 rings (SSSR count). The quantitative estimate of drug-likeness (QED) is 0.470. The largest absolute Gasteiger partial charge is 0.377 e. The Morgan fingerprint density at radius 2 is 2.06 bits per heavy atom. The predicted molar refractivity (Wildman–Crippen MR) is 119 cm³/mol. The maximum Gasteiger partial charge on any atom is 0.137 e. The van der Waals surface area contributed by atoms with E-state index in [0.717, 1.165) is 56.9 Å². The summed E-state index contributed by atoms with van der Waals surface area (Å²) in [5.74, 6) is 0.924. The van der Waals surface area contributed by atoms with Gasteiger partial charge >= 0.3 is 0 Å². The summed E-state index contributed by atoms with van der Waals surface area (Å²) in [5.41, 5.74) is 6.47. The fourth-order valence-corrected chi connectivity index (χ4v) is 4.45. The van der Waals surface area contributed by atoms with E-state index in [4.69, 9.17) is 14.8 Å². The Kier molecular flexibility index (Phi) is 4.03. The first-order chi connectivity index (χ1) is 15.2. The Morgan fingerprint density at radius 3 is 2.90 bits per heavy atom. The lowest BCUT2D eigenvalue weighted by molar-refractivity contribution is 0.0986. The first-order valence-corrected chi connectivity index (χ1v) is 10.3. The number of aryl methyl sites for hydroxylation is 1. The van der Waals surface area contributed by atoms with Crippen molar-refractivity contribution in [3.63, 3.8) is 0 Å². The van der Waals surface area contributed by atoms with E-state index < -0.39 is 0 Å². The Hall–Kier alpha value is -3.72. The molecule has 0 aromatic carbocycles. The minimum atomic E-state index is 0.239. The van der Waals surface area contributed by atoms with Crippen LogP contribution in [0.3, 0.4) is 0 Å². The number of pyridine rings is 2. The number of hydrogen-bond donors (Lipinski definition) is 2. The molecule has 0 amide bonds. The molecule has 5 aromatic rings. The molecule has 6 heterocycles. The number of morpholine rings is 1. The van der Waals surface area contributed by atoms with Gasteiger partial charge in [0.25, 0.3) is 0 Å². The Labute approximate surface area is 178 Å². The lowest BCUT2D eigenvalue weighted by Gasteiger charge is -2.34. The van der Waals surface area contributed by atoms with Gasteiger partial charge in [0, 0.05) is 43.1 Å². The third-order valence-corrected chi connectivity index (χ3v) is 5.95. The second kappa shape index (κ2) is 6.92. The van der Waals surface area contributed by atoms with Gasteiger partial charge in [0.1, 0.15) is 28.2 Å². The fraction of sp³-hybridized carbons (Fsp3) is 0.273. The van der Waals surface area contributed by atoms with Gasteiger partial charge in [0.2, 0.25) is 0 Å². The number of aromatic amines is 2. The van der Waals surface area contributed by atoms with Gasteiger partial charge in [-0.05, 0) is 36.8 Å². The van der Waals surface area contributed by atoms with Crippen molar-refractivity contribution in [3.8, 4) is 22.5 Å². The van der Waals surface area contributed by atoms with Gasteiger partial charge < -0.3 is 14.6 Å². The van der Waals surface area contributed by atoms with E-state index in [0.29, 0.717) is 13.2 Å². The number of nitrogens with zero attached hydrogens (tertiary/aromatic N) is 6. The van der Waals surface area contributed by atoms with E-state index in [9.17, 15) is 0 Å². The van der Waals surface area contributed by atoms with Crippen molar-refractivity contribution in [1.82, 2.24) is 34.9 Å². The van der Waals surface area contributed by atoms with Gasteiger partial charge in [-0.3, -0.25) is 9.78 Å². The molecule has 1 aliphatic rings. The molecular weight excluding hydrogens is 392 g/mol. The molecule has 5 aromatic heterocycles. The van der Waals surface area contributed by atoms with Crippen LogP contribution >= 0.6 is 0 Å². The molecule has 9 heteroatoms. The summed E-state index contributed by atoms with van der Waals surface area (Å²) in [6.07, 6.45) is 5.49. The van der Waals surface area contributed by atoms with Crippen LogP contribution < -0.4 is 4.90 Å². The fourth-order valence-electron chi connectivity index (χ4n) is 4.45. The van der Waals surface area contributed by atoms with Crippen molar-refractivity contribution in [1.29, 1.82) is 0 Å². The first-order valence-electron chi connectivity index (χ1n) is 10.3. The third-order valence-electron chi connectivity index (χ3n) is 5.95. The average Bonchev–Trinajstić information content (AvgIpc) is 3.52. The minimum absolute atomic E-state index is 0.239. The van der Waals surface area contributed by atoms with Crippen LogP contribution in [0.4, 0.5) is 5.82 Å². The first kappa shape index (κ1) is 18.1. The zero-order chi connectivity index (χ0) is 20.9. The molecule has 1 atom stereocenters. The molecule has 0 spiro atoms. The highest BCUT2D eigenvalue weighted by Gasteiger charge is 2.25. The predicted octanol–water partition coefficient (Wildman–Crippen LogP) is 3.13. The Morgan fingerprint density at radius 1 is 1.13 bits per heavy atom. The monoisotopic (exact) mass is 414 g/mol. The van der Waals surface area contributed by atoms with Gasteiger partial charge in [0.15, 0.2) is 0 Å². The summed E-state index contributed by atoms with van der Waals surface area (Å²) in [6, 6.07) is 8.43. The molecule has 0 saturated carbocycles. The standard InChI is InChI=1S/C22H22N8O/c1-13-12-31-10-9-30(13)18-11-16(14-3-6-23-22-15(14)4-7-24-22)19-20(26-18)21(29(2)28-19)17-5-8-25-27-17/h3-8,11,13H,9-10,12H2,1-2H3,(H,23,24)(H,25,27). The lowest BCUT2D eigenvalue weighted by Crippen LogP contribution is -2.44. The summed E-state index contributed by atoms with van der Waals surface area (Å²) in [5, 5.41) is 13.1. The van der Waals surface area contributed by atoms with Gasteiger partial charge in [-0.25, -0.2) is 9.97 Å². The molecule has 31 heavy (non-hydrogen) atoms. The maximum absolute atomic E-state index is 5.66. The SMILES string of the molecule is CC1COCCN1c1cc(-c2ccnc3[nH]ccc23)c2nn(C)c(-c3ccn[nH]3)c2n1. The molecule has 0 aliphatic carbocycles. The number of rotatable bonds is 3. The zero-order valence-electron chi connectivity index (χ0n) is 17.3. The van der Waals surface area contributed by atoms with Crippen molar-refractivity contribution < 1.29 is 4.74 Å². The molecule has 9 nitrogen and oxygen atoms in total. The second-order valence-corrected chi connectivity index (χ2v) is 7.88. The second-order valence-electron chi connectivity index (χ2n) is 7.88. The summed E-state index contributed by atoms with van der Waals surface area (Å²) >= 11 is 0. The minimum Gasteiger partial charge on any atom is -0.377 e. The number of hydrogen-bond acceptors (Lipinski definition) is 6. The van der Waals surface area contributed by atoms with Crippen LogP contribution in [0.2, 0.25) is 0 Å². The van der Waals surface area contributed by atoms with Gasteiger partial charge in [-0.2, -0.15) is 10.2 Å². The van der Waals surface area contributed by atoms with Gasteiger partial charge in [0.05, 0.1) is 24.9 Å². The maximum atomic E-state index is 5.66. The van der Waals surface area contributed by atoms with E-state index in [-0.39, 0.29) is 6.04 Å². The van der Waals surface area contributed by atoms with Crippen LogP contribution in [-0.2, 0) is 11.8 Å². The highest BCUT2D eigenvalue weighted by atomic mass is 16.5. The van der Waals surface area contributed by atoms with E-state index in [1.54, 1.807) is 6.20 Å². The lowest BCUT2D eigenvalue weighted by atomic mass is 10.0. The van der Waals surface area contributed by atoms with E-state index in [1.807, 2.05) is 36.3 Å². The van der Waals surface area contributed by atoms with Crippen molar-refractivity contribution >= 4 is 27.9 Å². The molecule has 1 unspecified atom stereocenters. The molecule has 0 bridgehead atoms. The third kappa shape index (κ3) is 2.81. The summed E-state index contributed by atoms with van der Waals surface area (Å²) in [7, 11) is 1.94. The van der Waals surface area contributed by atoms with Crippen molar-refractivity contribution in [2.24, 2.45) is 7.05 Å². The molecule has 1 fully saturated rings. The van der Waals surface area contributed by atoms with Crippen LogP contribution in [0.1, 0.15) is 6.92 Å². The Bertz CT molecular complexity index is 1380. The summed E-state index contributed by atoms with van der Waals surface area (Å²) in [4.78, 5) is 15.1. The number of anilines is 1. The molecule has 1 aliphatic heterocycles. The molecule has 0 radical (unpaired) electrons. The molecular formula is C22H22N8O. The van der Waals surface area contributed by atoms with Crippen LogP contribution in [0.5, 0.6) is 0 Å². The number of ether oxygens (including phenoxy) is 1. The van der Waals surface area contributed by atoms with Crippen LogP contribution in [-0.4, -0.2) is 60.7 Å². The molecule has 2 N–H and O–H groups in total. The number of fused-ring (bicyclic) bond motifs is 2. The van der Waals surface area contributed by atoms with Crippen LogP contribution in [0, 0.1) is 0 Å². The van der Waals surface area contributed by atoms with Crippen molar-refractivity contribution in [3.05, 3.63) is 42.9 Å².